The standard InChI is InChI=1S/C14H18ClF3N2/c1-12(2)10(13(12,3)4)7-20-11-9(15)5-8(6-19-11)14(16,17)18/h5-6,10H,7H2,1-4H3,(H,19,20). The molecule has 0 bridgehead atoms. The Morgan fingerprint density at radius 3 is 2.20 bits per heavy atom. The number of hydrogen-bond acceptors (Lipinski definition) is 2. The summed E-state index contributed by atoms with van der Waals surface area (Å²) in [6.07, 6.45) is -3.62. The van der Waals surface area contributed by atoms with Crippen LogP contribution in [0.25, 0.3) is 0 Å². The highest BCUT2D eigenvalue weighted by atomic mass is 35.5. The van der Waals surface area contributed by atoms with Crippen LogP contribution in [0.5, 0.6) is 0 Å². The average Bonchev–Trinajstić information content (AvgIpc) is 2.67. The molecule has 0 radical (unpaired) electrons. The normalized spacial score (nSPS) is 20.8. The van der Waals surface area contributed by atoms with E-state index in [1.165, 1.54) is 0 Å². The maximum atomic E-state index is 12.5. The Balaban J connectivity index is 2.06. The van der Waals surface area contributed by atoms with E-state index in [1.54, 1.807) is 0 Å². The first-order chi connectivity index (χ1) is 8.98. The first-order valence-electron chi connectivity index (χ1n) is 6.44. The van der Waals surface area contributed by atoms with Crippen molar-refractivity contribution in [3.05, 3.63) is 22.8 Å². The lowest BCUT2D eigenvalue weighted by Crippen LogP contribution is -2.11. The van der Waals surface area contributed by atoms with E-state index in [0.717, 1.165) is 12.3 Å². The summed E-state index contributed by atoms with van der Waals surface area (Å²) in [7, 11) is 0. The number of halogens is 4. The highest BCUT2D eigenvalue weighted by molar-refractivity contribution is 6.32. The van der Waals surface area contributed by atoms with E-state index in [1.807, 2.05) is 0 Å². The number of anilines is 1. The molecule has 1 fully saturated rings. The van der Waals surface area contributed by atoms with Crippen molar-refractivity contribution >= 4 is 17.4 Å². The van der Waals surface area contributed by atoms with Gasteiger partial charge in [0, 0.05) is 12.7 Å². The Morgan fingerprint density at radius 1 is 1.25 bits per heavy atom. The minimum atomic E-state index is -4.42. The van der Waals surface area contributed by atoms with Crippen molar-refractivity contribution in [1.82, 2.24) is 4.98 Å². The van der Waals surface area contributed by atoms with E-state index in [2.05, 4.69) is 38.0 Å². The summed E-state index contributed by atoms with van der Waals surface area (Å²) >= 11 is 5.86. The van der Waals surface area contributed by atoms with Gasteiger partial charge in [-0.1, -0.05) is 39.3 Å². The summed E-state index contributed by atoms with van der Waals surface area (Å²) in [5.74, 6) is 0.744. The third-order valence-corrected chi connectivity index (χ3v) is 5.25. The number of nitrogens with zero attached hydrogens (tertiary/aromatic N) is 1. The number of nitrogens with one attached hydrogen (secondary N) is 1. The molecule has 112 valence electrons. The maximum Gasteiger partial charge on any atom is 0.417 e. The smallest absolute Gasteiger partial charge is 0.369 e. The summed E-state index contributed by atoms with van der Waals surface area (Å²) in [5, 5.41) is 3.05. The Labute approximate surface area is 121 Å². The monoisotopic (exact) mass is 306 g/mol. The molecule has 0 spiro atoms. The number of aromatic nitrogens is 1. The molecule has 1 aliphatic rings. The molecule has 1 aromatic heterocycles. The number of rotatable bonds is 3. The Hall–Kier alpha value is -0.970. The van der Waals surface area contributed by atoms with Crippen LogP contribution < -0.4 is 5.32 Å². The molecular formula is C14H18ClF3N2. The van der Waals surface area contributed by atoms with Crippen LogP contribution >= 0.6 is 11.6 Å². The van der Waals surface area contributed by atoms with Crippen LogP contribution in [0.1, 0.15) is 33.3 Å². The third kappa shape index (κ3) is 2.48. The molecule has 0 saturated heterocycles. The van der Waals surface area contributed by atoms with Crippen molar-refractivity contribution in [2.24, 2.45) is 16.7 Å². The van der Waals surface area contributed by atoms with Crippen molar-refractivity contribution in [2.45, 2.75) is 33.9 Å². The second kappa shape index (κ2) is 4.52. The molecule has 1 heterocycles. The van der Waals surface area contributed by atoms with Gasteiger partial charge in [0.25, 0.3) is 0 Å². The van der Waals surface area contributed by atoms with E-state index < -0.39 is 11.7 Å². The van der Waals surface area contributed by atoms with Crippen LogP contribution in [0.2, 0.25) is 5.02 Å². The molecular weight excluding hydrogens is 289 g/mol. The zero-order chi connectivity index (χ0) is 15.3. The molecule has 0 aliphatic heterocycles. The molecule has 0 amide bonds. The van der Waals surface area contributed by atoms with Gasteiger partial charge in [-0.05, 0) is 22.8 Å². The summed E-state index contributed by atoms with van der Waals surface area (Å²) in [6, 6.07) is 0.903. The highest BCUT2D eigenvalue weighted by Crippen LogP contribution is 2.68. The number of hydrogen-bond donors (Lipinski definition) is 1. The van der Waals surface area contributed by atoms with Crippen molar-refractivity contribution in [3.63, 3.8) is 0 Å². The van der Waals surface area contributed by atoms with E-state index in [4.69, 9.17) is 11.6 Å². The first-order valence-corrected chi connectivity index (χ1v) is 6.82. The van der Waals surface area contributed by atoms with Crippen LogP contribution in [0.4, 0.5) is 19.0 Å². The van der Waals surface area contributed by atoms with Crippen molar-refractivity contribution in [3.8, 4) is 0 Å². The molecule has 1 aromatic rings. The molecule has 0 aromatic carbocycles. The van der Waals surface area contributed by atoms with Gasteiger partial charge in [-0.2, -0.15) is 13.2 Å². The molecule has 0 atom stereocenters. The zero-order valence-electron chi connectivity index (χ0n) is 11.9. The molecule has 1 saturated carbocycles. The van der Waals surface area contributed by atoms with Gasteiger partial charge >= 0.3 is 6.18 Å². The van der Waals surface area contributed by atoms with Crippen molar-refractivity contribution < 1.29 is 13.2 Å². The van der Waals surface area contributed by atoms with E-state index in [-0.39, 0.29) is 15.9 Å². The molecule has 6 heteroatoms. The minimum Gasteiger partial charge on any atom is -0.369 e. The molecule has 0 unspecified atom stereocenters. The Kier molecular flexibility index (Phi) is 3.48. The maximum absolute atomic E-state index is 12.5. The lowest BCUT2D eigenvalue weighted by Gasteiger charge is -2.11. The SMILES string of the molecule is CC1(C)C(CNc2ncc(C(F)(F)F)cc2Cl)C1(C)C. The van der Waals surface area contributed by atoms with Gasteiger partial charge in [-0.25, -0.2) is 4.98 Å². The van der Waals surface area contributed by atoms with Crippen LogP contribution in [-0.4, -0.2) is 11.5 Å². The van der Waals surface area contributed by atoms with Gasteiger partial charge in [0.1, 0.15) is 5.82 Å². The second-order valence-corrected chi connectivity index (χ2v) is 6.84. The van der Waals surface area contributed by atoms with Crippen LogP contribution in [0.15, 0.2) is 12.3 Å². The lowest BCUT2D eigenvalue weighted by atomic mass is 10.0. The molecule has 20 heavy (non-hydrogen) atoms. The van der Waals surface area contributed by atoms with Gasteiger partial charge in [-0.3, -0.25) is 0 Å². The predicted molar refractivity (Wildman–Crippen MR) is 73.8 cm³/mol. The zero-order valence-corrected chi connectivity index (χ0v) is 12.7. The lowest BCUT2D eigenvalue weighted by molar-refractivity contribution is -0.137. The fraction of sp³-hybridized carbons (Fsp3) is 0.643. The minimum absolute atomic E-state index is 0.00362. The second-order valence-electron chi connectivity index (χ2n) is 6.43. The summed E-state index contributed by atoms with van der Waals surface area (Å²) in [5.41, 5.74) is -0.420. The van der Waals surface area contributed by atoms with Gasteiger partial charge in [0.05, 0.1) is 10.6 Å². The number of pyridine rings is 1. The predicted octanol–water partition coefficient (Wildman–Crippen LogP) is 4.85. The molecule has 1 aliphatic carbocycles. The highest BCUT2D eigenvalue weighted by Gasteiger charge is 2.64. The average molecular weight is 307 g/mol. The first kappa shape index (κ1) is 15.4. The fourth-order valence-electron chi connectivity index (χ4n) is 2.77. The van der Waals surface area contributed by atoms with Gasteiger partial charge < -0.3 is 5.32 Å². The Morgan fingerprint density at radius 2 is 1.80 bits per heavy atom. The van der Waals surface area contributed by atoms with E-state index >= 15 is 0 Å². The van der Waals surface area contributed by atoms with Gasteiger partial charge in [0.15, 0.2) is 0 Å². The molecule has 1 N–H and O–H groups in total. The van der Waals surface area contributed by atoms with Crippen LogP contribution in [0, 0.1) is 16.7 Å². The van der Waals surface area contributed by atoms with Crippen LogP contribution in [-0.2, 0) is 6.18 Å². The van der Waals surface area contributed by atoms with Gasteiger partial charge in [0.2, 0.25) is 0 Å². The number of alkyl halides is 3. The fourth-order valence-corrected chi connectivity index (χ4v) is 3.00. The third-order valence-electron chi connectivity index (χ3n) is 4.96. The van der Waals surface area contributed by atoms with Crippen molar-refractivity contribution in [1.29, 1.82) is 0 Å². The summed E-state index contributed by atoms with van der Waals surface area (Å²) < 4.78 is 37.5. The molecule has 2 rings (SSSR count). The summed E-state index contributed by atoms with van der Waals surface area (Å²) in [4.78, 5) is 3.78. The quantitative estimate of drug-likeness (QED) is 0.863. The van der Waals surface area contributed by atoms with E-state index in [0.29, 0.717) is 18.3 Å². The van der Waals surface area contributed by atoms with E-state index in [9.17, 15) is 13.2 Å². The van der Waals surface area contributed by atoms with Crippen molar-refractivity contribution in [2.75, 3.05) is 11.9 Å². The summed E-state index contributed by atoms with van der Waals surface area (Å²) in [6.45, 7) is 9.38. The Bertz CT molecular complexity index is 510. The van der Waals surface area contributed by atoms with Gasteiger partial charge in [-0.15, -0.1) is 0 Å². The molecule has 2 nitrogen and oxygen atoms in total. The topological polar surface area (TPSA) is 24.9 Å². The van der Waals surface area contributed by atoms with Crippen LogP contribution in [0.3, 0.4) is 0 Å². The largest absolute Gasteiger partial charge is 0.417 e.